The Kier molecular flexibility index (Phi) is 5.28. The van der Waals surface area contributed by atoms with E-state index in [2.05, 4.69) is 15.7 Å². The van der Waals surface area contributed by atoms with Gasteiger partial charge in [0.1, 0.15) is 6.04 Å². The molecule has 1 aromatic heterocycles. The maximum Gasteiger partial charge on any atom is 0.416 e. The van der Waals surface area contributed by atoms with Crippen molar-refractivity contribution in [3.63, 3.8) is 0 Å². The van der Waals surface area contributed by atoms with Crippen molar-refractivity contribution in [1.82, 2.24) is 20.4 Å². The van der Waals surface area contributed by atoms with E-state index in [1.165, 1.54) is 6.07 Å². The molecule has 0 fully saturated rings. The predicted octanol–water partition coefficient (Wildman–Crippen LogP) is 2.58. The lowest BCUT2D eigenvalue weighted by atomic mass is 10.0. The lowest BCUT2D eigenvalue weighted by Crippen LogP contribution is -2.37. The predicted molar refractivity (Wildman–Crippen MR) is 83.0 cm³/mol. The van der Waals surface area contributed by atoms with Crippen molar-refractivity contribution < 1.29 is 18.0 Å². The minimum absolute atomic E-state index is 0.338. The SMILES string of the molecule is CNC(C(=O)NC(C)c1cccc(C(F)(F)F)c1)c1cnn(C)c1. The number of aromatic nitrogens is 2. The van der Waals surface area contributed by atoms with Crippen LogP contribution >= 0.6 is 0 Å². The number of aryl methyl sites for hydroxylation is 1. The lowest BCUT2D eigenvalue weighted by Gasteiger charge is -2.20. The number of likely N-dealkylation sites (N-methyl/N-ethyl adjacent to an activating group) is 1. The number of benzene rings is 1. The molecule has 1 amide bonds. The van der Waals surface area contributed by atoms with E-state index < -0.39 is 23.8 Å². The molecule has 5 nitrogen and oxygen atoms in total. The zero-order valence-corrected chi connectivity index (χ0v) is 13.6. The summed E-state index contributed by atoms with van der Waals surface area (Å²) in [6.45, 7) is 1.64. The highest BCUT2D eigenvalue weighted by Crippen LogP contribution is 2.30. The largest absolute Gasteiger partial charge is 0.416 e. The van der Waals surface area contributed by atoms with Gasteiger partial charge in [-0.15, -0.1) is 0 Å². The summed E-state index contributed by atoms with van der Waals surface area (Å²) in [7, 11) is 3.37. The van der Waals surface area contributed by atoms with Crippen LogP contribution in [0.2, 0.25) is 0 Å². The molecule has 0 saturated heterocycles. The molecule has 2 N–H and O–H groups in total. The fourth-order valence-corrected chi connectivity index (χ4v) is 2.40. The molecule has 0 aliphatic rings. The van der Waals surface area contributed by atoms with Gasteiger partial charge in [0, 0.05) is 18.8 Å². The Bertz CT molecular complexity index is 711. The van der Waals surface area contributed by atoms with Crippen LogP contribution < -0.4 is 10.6 Å². The molecular formula is C16H19F3N4O. The quantitative estimate of drug-likeness (QED) is 0.880. The number of hydrogen-bond donors (Lipinski definition) is 2. The summed E-state index contributed by atoms with van der Waals surface area (Å²) in [5.41, 5.74) is 0.325. The second-order valence-electron chi connectivity index (χ2n) is 5.52. The van der Waals surface area contributed by atoms with E-state index in [9.17, 15) is 18.0 Å². The maximum absolute atomic E-state index is 12.8. The van der Waals surface area contributed by atoms with Gasteiger partial charge >= 0.3 is 6.18 Å². The van der Waals surface area contributed by atoms with Crippen LogP contribution in [0.3, 0.4) is 0 Å². The summed E-state index contributed by atoms with van der Waals surface area (Å²) >= 11 is 0. The molecular weight excluding hydrogens is 321 g/mol. The molecule has 0 radical (unpaired) electrons. The molecule has 2 aromatic rings. The molecule has 2 rings (SSSR count). The molecule has 0 aliphatic heterocycles. The fraction of sp³-hybridized carbons (Fsp3) is 0.375. The van der Waals surface area contributed by atoms with Crippen molar-refractivity contribution in [1.29, 1.82) is 0 Å². The maximum atomic E-state index is 12.8. The van der Waals surface area contributed by atoms with E-state index >= 15 is 0 Å². The van der Waals surface area contributed by atoms with Crippen molar-refractivity contribution >= 4 is 5.91 Å². The second kappa shape index (κ2) is 7.04. The Labute approximate surface area is 137 Å². The molecule has 130 valence electrons. The zero-order valence-electron chi connectivity index (χ0n) is 13.6. The number of nitrogens with one attached hydrogen (secondary N) is 2. The van der Waals surface area contributed by atoms with Crippen molar-refractivity contribution in [2.75, 3.05) is 7.05 Å². The Morgan fingerprint density at radius 1 is 1.29 bits per heavy atom. The van der Waals surface area contributed by atoms with Gasteiger partial charge in [-0.1, -0.05) is 12.1 Å². The third-order valence-electron chi connectivity index (χ3n) is 3.68. The number of hydrogen-bond acceptors (Lipinski definition) is 3. The Morgan fingerprint density at radius 2 is 2.00 bits per heavy atom. The molecule has 1 heterocycles. The fourth-order valence-electron chi connectivity index (χ4n) is 2.40. The van der Waals surface area contributed by atoms with Gasteiger partial charge in [-0.2, -0.15) is 18.3 Å². The number of amides is 1. The first-order valence-electron chi connectivity index (χ1n) is 7.35. The second-order valence-corrected chi connectivity index (χ2v) is 5.52. The highest BCUT2D eigenvalue weighted by molar-refractivity contribution is 5.83. The highest BCUT2D eigenvalue weighted by atomic mass is 19.4. The van der Waals surface area contributed by atoms with E-state index in [4.69, 9.17) is 0 Å². The first kappa shape index (κ1) is 18.0. The number of rotatable bonds is 5. The van der Waals surface area contributed by atoms with Crippen LogP contribution in [0, 0.1) is 0 Å². The molecule has 24 heavy (non-hydrogen) atoms. The Balaban J connectivity index is 2.13. The van der Waals surface area contributed by atoms with E-state index in [-0.39, 0.29) is 5.91 Å². The Morgan fingerprint density at radius 3 is 2.54 bits per heavy atom. The smallest absolute Gasteiger partial charge is 0.348 e. The van der Waals surface area contributed by atoms with Gasteiger partial charge in [-0.05, 0) is 31.7 Å². The van der Waals surface area contributed by atoms with Crippen molar-refractivity contribution in [3.8, 4) is 0 Å². The van der Waals surface area contributed by atoms with Crippen LogP contribution in [0.15, 0.2) is 36.7 Å². The zero-order chi connectivity index (χ0) is 17.9. The van der Waals surface area contributed by atoms with Crippen LogP contribution in [0.4, 0.5) is 13.2 Å². The summed E-state index contributed by atoms with van der Waals surface area (Å²) in [5, 5.41) is 9.62. The summed E-state index contributed by atoms with van der Waals surface area (Å²) < 4.78 is 40.0. The van der Waals surface area contributed by atoms with Crippen LogP contribution in [0.1, 0.15) is 35.7 Å². The third-order valence-corrected chi connectivity index (χ3v) is 3.68. The molecule has 1 aromatic carbocycles. The van der Waals surface area contributed by atoms with Crippen molar-refractivity contribution in [2.45, 2.75) is 25.2 Å². The van der Waals surface area contributed by atoms with E-state index in [0.29, 0.717) is 11.1 Å². The average Bonchev–Trinajstić information content (AvgIpc) is 2.93. The molecule has 2 unspecified atom stereocenters. The van der Waals surface area contributed by atoms with Crippen molar-refractivity contribution in [3.05, 3.63) is 53.3 Å². The van der Waals surface area contributed by atoms with Gasteiger partial charge in [-0.25, -0.2) is 0 Å². The molecule has 0 bridgehead atoms. The molecule has 0 aliphatic carbocycles. The summed E-state index contributed by atoms with van der Waals surface area (Å²) in [4.78, 5) is 12.4. The summed E-state index contributed by atoms with van der Waals surface area (Å²) in [5.74, 6) is -0.338. The number of halogens is 3. The normalized spacial score (nSPS) is 14.2. The summed E-state index contributed by atoms with van der Waals surface area (Å²) in [6, 6.07) is 3.74. The molecule has 8 heteroatoms. The van der Waals surface area contributed by atoms with E-state index in [1.807, 2.05) is 0 Å². The molecule has 0 spiro atoms. The standard InChI is InChI=1S/C16H19F3N4O/c1-10(11-5-4-6-13(7-11)16(17,18)19)22-15(24)14(20-2)12-8-21-23(3)9-12/h4-10,14,20H,1-3H3,(H,22,24). The third kappa shape index (κ3) is 4.14. The topological polar surface area (TPSA) is 59.0 Å². The van der Waals surface area contributed by atoms with Gasteiger partial charge in [0.25, 0.3) is 0 Å². The van der Waals surface area contributed by atoms with E-state index in [1.54, 1.807) is 44.2 Å². The average molecular weight is 340 g/mol. The van der Waals surface area contributed by atoms with Crippen LogP contribution in [0.5, 0.6) is 0 Å². The van der Waals surface area contributed by atoms with Gasteiger partial charge in [0.15, 0.2) is 0 Å². The van der Waals surface area contributed by atoms with Crippen LogP contribution in [-0.2, 0) is 18.0 Å². The first-order chi connectivity index (χ1) is 11.2. The van der Waals surface area contributed by atoms with Crippen LogP contribution in [0.25, 0.3) is 0 Å². The number of alkyl halides is 3. The first-order valence-corrected chi connectivity index (χ1v) is 7.35. The van der Waals surface area contributed by atoms with Gasteiger partial charge in [0.05, 0.1) is 17.8 Å². The Hall–Kier alpha value is -2.35. The van der Waals surface area contributed by atoms with E-state index in [0.717, 1.165) is 12.1 Å². The monoisotopic (exact) mass is 340 g/mol. The lowest BCUT2D eigenvalue weighted by molar-refractivity contribution is -0.137. The number of carbonyl (C=O) groups is 1. The highest BCUT2D eigenvalue weighted by Gasteiger charge is 2.31. The number of carbonyl (C=O) groups excluding carboxylic acids is 1. The minimum atomic E-state index is -4.41. The van der Waals surface area contributed by atoms with Gasteiger partial charge in [-0.3, -0.25) is 9.48 Å². The molecule has 2 atom stereocenters. The van der Waals surface area contributed by atoms with Crippen LogP contribution in [-0.4, -0.2) is 22.7 Å². The minimum Gasteiger partial charge on any atom is -0.348 e. The number of nitrogens with zero attached hydrogens (tertiary/aromatic N) is 2. The summed E-state index contributed by atoms with van der Waals surface area (Å²) in [6.07, 6.45) is -1.14. The van der Waals surface area contributed by atoms with Gasteiger partial charge < -0.3 is 10.6 Å². The molecule has 0 saturated carbocycles. The van der Waals surface area contributed by atoms with Crippen molar-refractivity contribution in [2.24, 2.45) is 7.05 Å². The van der Waals surface area contributed by atoms with Gasteiger partial charge in [0.2, 0.25) is 5.91 Å².